The second-order valence-electron chi connectivity index (χ2n) is 15.3. The molecular weight excluding hydrogens is 783 g/mol. The predicted molar refractivity (Wildman–Crippen MR) is 229 cm³/mol. The number of carbonyl (C=O) groups excluding carboxylic acids is 3. The molecule has 2 amide bonds. The number of ether oxygens (including phenoxy) is 1. The fourth-order valence-electron chi connectivity index (χ4n) is 7.29. The predicted octanol–water partition coefficient (Wildman–Crippen LogP) is 10.4. The highest BCUT2D eigenvalue weighted by atomic mass is 35.5. The lowest BCUT2D eigenvalue weighted by Gasteiger charge is -2.36. The van der Waals surface area contributed by atoms with Gasteiger partial charge in [-0.25, -0.2) is 9.78 Å². The number of benzene rings is 4. The molecule has 0 aliphatic carbocycles. The number of nitrogens with zero attached hydrogens (tertiary/aromatic N) is 3. The van der Waals surface area contributed by atoms with Crippen LogP contribution >= 0.6 is 34.8 Å². The molecule has 0 bridgehead atoms. The van der Waals surface area contributed by atoms with Gasteiger partial charge in [0.05, 0.1) is 47.8 Å². The zero-order valence-electron chi connectivity index (χ0n) is 32.3. The van der Waals surface area contributed by atoms with Crippen LogP contribution in [-0.4, -0.2) is 58.6 Å². The highest BCUT2D eigenvalue weighted by molar-refractivity contribution is 6.35. The van der Waals surface area contributed by atoms with Crippen molar-refractivity contribution in [3.63, 3.8) is 0 Å². The molecule has 0 saturated carbocycles. The number of hydrogen-bond donors (Lipinski definition) is 3. The van der Waals surface area contributed by atoms with E-state index < -0.39 is 17.3 Å². The Morgan fingerprint density at radius 3 is 2.30 bits per heavy atom. The van der Waals surface area contributed by atoms with Gasteiger partial charge in [-0.1, -0.05) is 98.0 Å². The van der Waals surface area contributed by atoms with Gasteiger partial charge in [0, 0.05) is 61.6 Å². The molecular formula is C44H43Cl3N6O4. The minimum absolute atomic E-state index is 0.00850. The molecule has 10 nitrogen and oxygen atoms in total. The van der Waals surface area contributed by atoms with E-state index in [0.29, 0.717) is 69.2 Å². The van der Waals surface area contributed by atoms with E-state index >= 15 is 0 Å². The van der Waals surface area contributed by atoms with E-state index in [-0.39, 0.29) is 29.2 Å². The van der Waals surface area contributed by atoms with Gasteiger partial charge >= 0.3 is 5.97 Å². The van der Waals surface area contributed by atoms with Gasteiger partial charge in [0.15, 0.2) is 0 Å². The number of hydrogen-bond acceptors (Lipinski definition) is 6. The highest BCUT2D eigenvalue weighted by Gasteiger charge is 2.31. The van der Waals surface area contributed by atoms with Crippen LogP contribution in [0.2, 0.25) is 15.1 Å². The number of methoxy groups -OCH3 is 1. The SMILES string of the molecule is COC(=O)c1ccc(N2CCC(NC(=O)C(C)(C)C)CC2)c(NC(=O)c2[nH]c3cc(Cl)ccc3c2-c2c(-c3ccccc3)ncn2C(C)c2ccc(Cl)cc2Cl)c1. The Hall–Kier alpha value is -5.29. The third-order valence-corrected chi connectivity index (χ3v) is 11.2. The van der Waals surface area contributed by atoms with Crippen LogP contribution in [0.4, 0.5) is 11.4 Å². The first-order valence-corrected chi connectivity index (χ1v) is 19.8. The van der Waals surface area contributed by atoms with Gasteiger partial charge in [0.1, 0.15) is 5.69 Å². The Morgan fingerprint density at radius 2 is 1.61 bits per heavy atom. The van der Waals surface area contributed by atoms with Crippen molar-refractivity contribution in [3.05, 3.63) is 123 Å². The second-order valence-corrected chi connectivity index (χ2v) is 16.6. The maximum atomic E-state index is 14.9. The average Bonchev–Trinajstić information content (AvgIpc) is 3.79. The summed E-state index contributed by atoms with van der Waals surface area (Å²) in [7, 11) is 1.32. The second kappa shape index (κ2) is 16.3. The number of nitrogens with one attached hydrogen (secondary N) is 3. The molecule has 294 valence electrons. The van der Waals surface area contributed by atoms with Crippen molar-refractivity contribution in [2.75, 3.05) is 30.4 Å². The van der Waals surface area contributed by atoms with Crippen LogP contribution in [-0.2, 0) is 9.53 Å². The topological polar surface area (TPSA) is 121 Å². The van der Waals surface area contributed by atoms with E-state index in [2.05, 4.69) is 20.5 Å². The van der Waals surface area contributed by atoms with Crippen molar-refractivity contribution in [1.29, 1.82) is 0 Å². The number of aromatic amines is 1. The van der Waals surface area contributed by atoms with Crippen LogP contribution in [0, 0.1) is 5.41 Å². The first-order chi connectivity index (χ1) is 27.2. The number of anilines is 2. The van der Waals surface area contributed by atoms with Crippen LogP contribution < -0.4 is 15.5 Å². The summed E-state index contributed by atoms with van der Waals surface area (Å²) in [4.78, 5) is 50.9. The molecule has 1 saturated heterocycles. The van der Waals surface area contributed by atoms with Gasteiger partial charge in [0.25, 0.3) is 5.91 Å². The lowest BCUT2D eigenvalue weighted by Crippen LogP contribution is -2.47. The molecule has 1 atom stereocenters. The van der Waals surface area contributed by atoms with Crippen molar-refractivity contribution in [1.82, 2.24) is 19.9 Å². The molecule has 3 heterocycles. The number of piperidine rings is 1. The number of amides is 2. The fraction of sp³-hybridized carbons (Fsp3) is 0.273. The molecule has 4 aromatic carbocycles. The smallest absolute Gasteiger partial charge is 0.337 e. The van der Waals surface area contributed by atoms with Crippen LogP contribution in [0.1, 0.15) is 73.0 Å². The molecule has 13 heteroatoms. The van der Waals surface area contributed by atoms with Gasteiger partial charge in [-0.2, -0.15) is 0 Å². The van der Waals surface area contributed by atoms with Crippen LogP contribution in [0.15, 0.2) is 91.3 Å². The largest absolute Gasteiger partial charge is 0.465 e. The maximum absolute atomic E-state index is 14.9. The molecule has 0 spiro atoms. The van der Waals surface area contributed by atoms with E-state index in [0.717, 1.165) is 22.2 Å². The quantitative estimate of drug-likeness (QED) is 0.125. The molecule has 1 fully saturated rings. The lowest BCUT2D eigenvalue weighted by atomic mass is 9.94. The molecule has 6 aromatic rings. The summed E-state index contributed by atoms with van der Waals surface area (Å²) < 4.78 is 7.07. The monoisotopic (exact) mass is 824 g/mol. The number of rotatable bonds is 9. The number of fused-ring (bicyclic) bond motifs is 1. The number of imidazole rings is 1. The Morgan fingerprint density at radius 1 is 0.912 bits per heavy atom. The van der Waals surface area contributed by atoms with Gasteiger partial charge in [-0.15, -0.1) is 0 Å². The van der Waals surface area contributed by atoms with Crippen molar-refractivity contribution >= 4 is 74.9 Å². The summed E-state index contributed by atoms with van der Waals surface area (Å²) in [5, 5.41) is 8.60. The van der Waals surface area contributed by atoms with E-state index in [1.54, 1.807) is 42.7 Å². The van der Waals surface area contributed by atoms with Gasteiger partial charge < -0.3 is 29.8 Å². The molecule has 3 N–H and O–H groups in total. The molecule has 57 heavy (non-hydrogen) atoms. The summed E-state index contributed by atoms with van der Waals surface area (Å²) in [6.45, 7) is 8.95. The van der Waals surface area contributed by atoms with Gasteiger partial charge in [-0.05, 0) is 67.8 Å². The van der Waals surface area contributed by atoms with Crippen LogP contribution in [0.5, 0.6) is 0 Å². The van der Waals surface area contributed by atoms with Gasteiger partial charge in [-0.3, -0.25) is 9.59 Å². The Balaban J connectivity index is 1.33. The first kappa shape index (κ1) is 39.9. The van der Waals surface area contributed by atoms with Crippen LogP contribution in [0.25, 0.3) is 33.4 Å². The van der Waals surface area contributed by atoms with Crippen molar-refractivity contribution < 1.29 is 19.1 Å². The third-order valence-electron chi connectivity index (χ3n) is 10.4. The Kier molecular flexibility index (Phi) is 11.4. The number of halogens is 3. The first-order valence-electron chi connectivity index (χ1n) is 18.7. The molecule has 1 aliphatic heterocycles. The molecule has 7 rings (SSSR count). The minimum atomic E-state index is -0.534. The number of H-pyrrole nitrogens is 1. The summed E-state index contributed by atoms with van der Waals surface area (Å²) in [6.07, 6.45) is 3.18. The van der Waals surface area contributed by atoms with E-state index in [1.165, 1.54) is 7.11 Å². The summed E-state index contributed by atoms with van der Waals surface area (Å²) in [5.74, 6) is -0.973. The Bertz CT molecular complexity index is 2480. The summed E-state index contributed by atoms with van der Waals surface area (Å²) in [6, 6.07) is 25.5. The normalized spacial score (nSPS) is 14.1. The Labute approximate surface area is 346 Å². The van der Waals surface area contributed by atoms with E-state index in [1.807, 2.05) is 80.8 Å². The van der Waals surface area contributed by atoms with Crippen molar-refractivity contribution in [2.45, 2.75) is 52.6 Å². The standard InChI is InChI=1S/C44H43Cl3N6O4/c1-25(31-14-12-28(45)22-33(31)47)53-24-48-38(26-9-7-6-8-10-26)40(53)37-32-15-13-29(46)23-34(32)50-39(37)41(54)51-35-21-27(42(55)57-5)11-16-36(35)52-19-17-30(18-20-52)49-43(56)44(2,3)4/h6-16,21-25,30,50H,17-20H2,1-5H3,(H,49,56)(H,51,54). The third kappa shape index (κ3) is 8.26. The van der Waals surface area contributed by atoms with E-state index in [4.69, 9.17) is 44.5 Å². The fourth-order valence-corrected chi connectivity index (χ4v) is 8.03. The number of carbonyl (C=O) groups is 3. The minimum Gasteiger partial charge on any atom is -0.465 e. The highest BCUT2D eigenvalue weighted by Crippen LogP contribution is 2.43. The lowest BCUT2D eigenvalue weighted by molar-refractivity contribution is -0.129. The van der Waals surface area contributed by atoms with Gasteiger partial charge in [0.2, 0.25) is 5.91 Å². The number of esters is 1. The summed E-state index contributed by atoms with van der Waals surface area (Å²) >= 11 is 19.6. The summed E-state index contributed by atoms with van der Waals surface area (Å²) in [5.41, 5.74) is 5.48. The number of aromatic nitrogens is 3. The average molecular weight is 826 g/mol. The maximum Gasteiger partial charge on any atom is 0.337 e. The zero-order valence-corrected chi connectivity index (χ0v) is 34.5. The molecule has 0 radical (unpaired) electrons. The molecule has 1 aliphatic rings. The molecule has 2 aromatic heterocycles. The zero-order chi connectivity index (χ0) is 40.6. The van der Waals surface area contributed by atoms with Crippen LogP contribution in [0.3, 0.4) is 0 Å². The van der Waals surface area contributed by atoms with Crippen molar-refractivity contribution in [2.24, 2.45) is 5.41 Å². The van der Waals surface area contributed by atoms with E-state index in [9.17, 15) is 14.4 Å². The van der Waals surface area contributed by atoms with Crippen molar-refractivity contribution in [3.8, 4) is 22.5 Å². The molecule has 1 unspecified atom stereocenters.